The van der Waals surface area contributed by atoms with Crippen LogP contribution in [0.2, 0.25) is 0 Å². The topological polar surface area (TPSA) is 269 Å². The van der Waals surface area contributed by atoms with Crippen LogP contribution >= 0.6 is 0 Å². The third kappa shape index (κ3) is 8.57. The number of ether oxygens (including phenoxy) is 2. The number of rotatable bonds is 9. The van der Waals surface area contributed by atoms with E-state index in [-0.39, 0.29) is 88.7 Å². The molecule has 4 aliphatic heterocycles. The van der Waals surface area contributed by atoms with Crippen LogP contribution in [0.4, 0.5) is 0 Å². The second-order valence-electron chi connectivity index (χ2n) is 26.5. The Hall–Kier alpha value is -6.66. The minimum Gasteiger partial charge on any atom is -0.508 e. The van der Waals surface area contributed by atoms with Crippen molar-refractivity contribution in [3.8, 4) is 17.2 Å². The number of esters is 1. The highest BCUT2D eigenvalue weighted by Gasteiger charge is 2.62. The number of benzene rings is 3. The lowest BCUT2D eigenvalue weighted by Crippen LogP contribution is -2.60. The van der Waals surface area contributed by atoms with Gasteiger partial charge in [-0.1, -0.05) is 62.3 Å². The number of aliphatic hydroxyl groups excluding tert-OH is 4. The Balaban J connectivity index is 1.01. The molecule has 1 unspecified atom stereocenters. The fraction of sp³-hybridized carbons (Fsp3) is 0.507. The van der Waals surface area contributed by atoms with E-state index in [9.17, 15) is 40.5 Å². The van der Waals surface area contributed by atoms with E-state index in [1.54, 1.807) is 25.1 Å². The first-order valence-electron chi connectivity index (χ1n) is 31.2. The molecule has 85 heavy (non-hydrogen) atoms. The standard InChI is InChI=1S/C69H80N4O12/c1-4-50(69(82)30-38-23-40(69)22-37-21-35(16-20-74)61(79)46-10-8-9-43(38)55(37)46)66(81)84-53-28-48-62(80)58-52(78)27-42(32-75)83-64(58)59-56-45-15-19-72-65(70)57(45)60(68(17-6-7-18-68)29-36-11-13-41(77)26-47(36)49(56)33-76)44-14-12-34-25-54(71-5-2)73-31-39(34)24-51(44)67(53,3)85-63(48)59/h4,8-11,13,15,22,25-27,31,35,38,40,44,49,51,53-54,56,60-61,71-77,79-80,82H,5-7,12,14,16-21,23-24,28-30,32-33,70H2,1-3H3/b50-4+/t35-,38-,40+,44+,49-,51-,53-,54?,56-,60-,61-,67+,69-/m1/s1. The Labute approximate surface area is 494 Å². The van der Waals surface area contributed by atoms with Crippen LogP contribution in [0.25, 0.3) is 16.5 Å². The maximum Gasteiger partial charge on any atom is 0.337 e. The number of dihydropyridines is 2. The molecule has 13 atom stereocenters. The van der Waals surface area contributed by atoms with Crippen LogP contribution in [0.1, 0.15) is 160 Å². The number of aliphatic hydroxyl groups is 5. The number of likely N-dealkylation sites (N-methyl/N-ethyl adjacent to an activating group) is 1. The lowest BCUT2D eigenvalue weighted by atomic mass is 9.54. The summed E-state index contributed by atoms with van der Waals surface area (Å²) in [5.74, 6) is -4.02. The number of hydrogen-bond acceptors (Lipinski definition) is 16. The van der Waals surface area contributed by atoms with Crippen LogP contribution in [0.3, 0.4) is 0 Å². The second-order valence-corrected chi connectivity index (χ2v) is 26.5. The predicted molar refractivity (Wildman–Crippen MR) is 320 cm³/mol. The molecule has 1 aromatic heterocycles. The van der Waals surface area contributed by atoms with Crippen molar-refractivity contribution in [1.29, 1.82) is 0 Å². The minimum absolute atomic E-state index is 0.0176. The van der Waals surface area contributed by atoms with Crippen LogP contribution in [-0.2, 0) is 29.0 Å². The molecule has 10 aliphatic rings. The molecule has 448 valence electrons. The van der Waals surface area contributed by atoms with Crippen molar-refractivity contribution < 1.29 is 54.4 Å². The number of carbonyl (C=O) groups is 1. The van der Waals surface area contributed by atoms with Crippen molar-refractivity contribution >= 4 is 22.5 Å². The lowest BCUT2D eigenvalue weighted by Gasteiger charge is -2.55. The molecule has 12 N–H and O–H groups in total. The molecule has 3 aromatic carbocycles. The maximum absolute atomic E-state index is 16.0. The van der Waals surface area contributed by atoms with E-state index in [1.165, 1.54) is 11.6 Å². The van der Waals surface area contributed by atoms with Crippen LogP contribution in [0.15, 0.2) is 116 Å². The molecule has 1 spiro atoms. The summed E-state index contributed by atoms with van der Waals surface area (Å²) in [7, 11) is 0. The highest BCUT2D eigenvalue weighted by molar-refractivity contribution is 5.93. The number of aromatic hydroxyl groups is 2. The first-order chi connectivity index (χ1) is 41.1. The molecule has 16 nitrogen and oxygen atoms in total. The van der Waals surface area contributed by atoms with Crippen molar-refractivity contribution in [1.82, 2.24) is 16.0 Å². The minimum atomic E-state index is -1.68. The van der Waals surface area contributed by atoms with E-state index in [2.05, 4.69) is 53.4 Å². The Kier molecular flexibility index (Phi) is 13.9. The normalized spacial score (nSPS) is 33.0. The van der Waals surface area contributed by atoms with Crippen molar-refractivity contribution in [2.24, 2.45) is 40.7 Å². The van der Waals surface area contributed by atoms with Gasteiger partial charge in [-0.25, -0.2) is 4.79 Å². The van der Waals surface area contributed by atoms with Gasteiger partial charge in [-0.05, 0) is 188 Å². The molecule has 0 saturated heterocycles. The number of phenolic OH excluding ortho intramolecular Hbond substituents is 2. The molecule has 3 fully saturated rings. The van der Waals surface area contributed by atoms with Gasteiger partial charge >= 0.3 is 5.97 Å². The van der Waals surface area contributed by atoms with Gasteiger partial charge in [0.05, 0.1) is 24.4 Å². The van der Waals surface area contributed by atoms with E-state index in [1.807, 2.05) is 25.1 Å². The van der Waals surface area contributed by atoms with Crippen molar-refractivity contribution in [2.45, 2.75) is 158 Å². The first kappa shape index (κ1) is 56.2. The molecule has 6 aliphatic carbocycles. The Morgan fingerprint density at radius 3 is 2.58 bits per heavy atom. The van der Waals surface area contributed by atoms with Crippen LogP contribution < -0.4 is 31.8 Å². The number of phenols is 2. The van der Waals surface area contributed by atoms with Gasteiger partial charge in [0.15, 0.2) is 5.43 Å². The summed E-state index contributed by atoms with van der Waals surface area (Å²) in [6, 6.07) is 12.6. The van der Waals surface area contributed by atoms with Gasteiger partial charge < -0.3 is 66.0 Å². The van der Waals surface area contributed by atoms with E-state index < -0.39 is 82.9 Å². The van der Waals surface area contributed by atoms with Gasteiger partial charge in [0.25, 0.3) is 0 Å². The van der Waals surface area contributed by atoms with Crippen molar-refractivity contribution in [3.05, 3.63) is 162 Å². The van der Waals surface area contributed by atoms with Gasteiger partial charge in [0.2, 0.25) is 0 Å². The zero-order valence-corrected chi connectivity index (χ0v) is 48.8. The van der Waals surface area contributed by atoms with Crippen LogP contribution in [-0.4, -0.2) is 91.5 Å². The second kappa shape index (κ2) is 21.0. The molecule has 14 rings (SSSR count). The molecule has 16 heteroatoms. The molecule has 0 amide bonds. The fourth-order valence-corrected chi connectivity index (χ4v) is 18.7. The molecule has 3 saturated carbocycles. The molecule has 4 aromatic rings. The van der Waals surface area contributed by atoms with E-state index in [0.717, 1.165) is 88.8 Å². The van der Waals surface area contributed by atoms with Crippen molar-refractivity contribution in [3.63, 3.8) is 0 Å². The monoisotopic (exact) mass is 1160 g/mol. The summed E-state index contributed by atoms with van der Waals surface area (Å²) >= 11 is 0. The van der Waals surface area contributed by atoms with E-state index in [4.69, 9.17) is 19.6 Å². The fourth-order valence-electron chi connectivity index (χ4n) is 18.7. The van der Waals surface area contributed by atoms with Gasteiger partial charge in [0, 0.05) is 66.6 Å². The smallest absolute Gasteiger partial charge is 0.337 e. The summed E-state index contributed by atoms with van der Waals surface area (Å²) in [5.41, 5.74) is 13.6. The number of nitrogens with one attached hydrogen (secondary N) is 3. The molecular weight excluding hydrogens is 1080 g/mol. The number of fused-ring (bicyclic) bond motifs is 13. The average Bonchev–Trinajstić information content (AvgIpc) is 1.99. The predicted octanol–water partition coefficient (Wildman–Crippen LogP) is 8.08. The summed E-state index contributed by atoms with van der Waals surface area (Å²) in [5, 5.41) is 93.3. The zero-order valence-electron chi connectivity index (χ0n) is 48.8. The number of allylic oxidation sites excluding steroid dienone is 6. The van der Waals surface area contributed by atoms with Gasteiger partial charge in [-0.2, -0.15) is 0 Å². The lowest BCUT2D eigenvalue weighted by molar-refractivity contribution is -0.172. The molecule has 6 bridgehead atoms. The summed E-state index contributed by atoms with van der Waals surface area (Å²) in [6.07, 6.45) is 16.0. The largest absolute Gasteiger partial charge is 0.508 e. The van der Waals surface area contributed by atoms with Gasteiger partial charge in [-0.3, -0.25) is 10.1 Å². The number of carbonyl (C=O) groups excluding carboxylic acids is 1. The third-order valence-corrected chi connectivity index (χ3v) is 22.4. The number of hydrogen-bond donors (Lipinski definition) is 11. The van der Waals surface area contributed by atoms with E-state index in [0.29, 0.717) is 56.5 Å². The first-order valence-corrected chi connectivity index (χ1v) is 31.2. The van der Waals surface area contributed by atoms with Gasteiger partial charge in [-0.15, -0.1) is 0 Å². The van der Waals surface area contributed by atoms with E-state index >= 15 is 4.79 Å². The van der Waals surface area contributed by atoms with Crippen LogP contribution in [0.5, 0.6) is 17.2 Å². The summed E-state index contributed by atoms with van der Waals surface area (Å²) < 4.78 is 21.9. The average molecular weight is 1160 g/mol. The summed E-state index contributed by atoms with van der Waals surface area (Å²) in [6.45, 7) is 5.83. The SMILES string of the molecule is C/C=C(\C(=O)O[C@@H]1Cc2c3c(c4oc(CO)cc(=O)c4c2O)[C@@H]2C4=CCNC(N)=C4[C@@H]([C@H]4CCC5=CC(NCC)NC=C5C[C@H]4[C@]1(C)O3)C1(CCCC1)Cc1ccc(O)cc1[C@H]2CO)[C@@]1(O)C[C@H]2C[C@@H]1C=C1C[C@@H](CCO)[C@@H](O)c3cccc2c31. The zero-order chi connectivity index (χ0) is 59.0. The molecule has 0 radical (unpaired) electrons. The molecule has 5 heterocycles. The Morgan fingerprint density at radius 1 is 1.00 bits per heavy atom. The Morgan fingerprint density at radius 2 is 1.81 bits per heavy atom. The Bertz CT molecular complexity index is 3700. The molecular formula is C69H80N4O12. The highest BCUT2D eigenvalue weighted by atomic mass is 16.6. The van der Waals surface area contributed by atoms with Crippen LogP contribution in [0, 0.1) is 35.0 Å². The third-order valence-electron chi connectivity index (χ3n) is 22.4. The van der Waals surface area contributed by atoms with Gasteiger partial charge in [0.1, 0.15) is 63.7 Å². The summed E-state index contributed by atoms with van der Waals surface area (Å²) in [4.78, 5) is 30.8. The number of nitrogens with two attached hydrogens (primary N) is 1. The highest BCUT2D eigenvalue weighted by Crippen LogP contribution is 2.66. The van der Waals surface area contributed by atoms with Crippen molar-refractivity contribution in [2.75, 3.05) is 26.3 Å². The quantitative estimate of drug-likeness (QED) is 0.0559. The maximum atomic E-state index is 16.0.